The summed E-state index contributed by atoms with van der Waals surface area (Å²) >= 11 is 0. The zero-order chi connectivity index (χ0) is 14.0. The number of aromatic amines is 1. The summed E-state index contributed by atoms with van der Waals surface area (Å²) in [5, 5.41) is 10.0. The molecule has 1 aromatic heterocycles. The second-order valence-electron chi connectivity index (χ2n) is 4.04. The Labute approximate surface area is 109 Å². The number of carbonyl (C=O) groups excluding carboxylic acids is 1. The average Bonchev–Trinajstić information content (AvgIpc) is 2.43. The topological polar surface area (TPSA) is 79.4 Å². The lowest BCUT2D eigenvalue weighted by Gasteiger charge is -2.10. The van der Waals surface area contributed by atoms with Gasteiger partial charge in [-0.15, -0.1) is 0 Å². The van der Waals surface area contributed by atoms with Gasteiger partial charge in [-0.2, -0.15) is 0 Å². The molecule has 0 aliphatic carbocycles. The molecule has 0 saturated heterocycles. The van der Waals surface area contributed by atoms with E-state index < -0.39 is 11.5 Å². The van der Waals surface area contributed by atoms with Crippen molar-refractivity contribution >= 4 is 5.97 Å². The fraction of sp³-hybridized carbons (Fsp3) is 0.143. The van der Waals surface area contributed by atoms with Crippen molar-refractivity contribution in [1.29, 1.82) is 0 Å². The van der Waals surface area contributed by atoms with E-state index in [2.05, 4.69) is 9.72 Å². The lowest BCUT2D eigenvalue weighted by Crippen LogP contribution is -2.20. The largest absolute Gasteiger partial charge is 0.506 e. The summed E-state index contributed by atoms with van der Waals surface area (Å²) in [4.78, 5) is 25.9. The molecule has 19 heavy (non-hydrogen) atoms. The van der Waals surface area contributed by atoms with E-state index in [-0.39, 0.29) is 11.3 Å². The summed E-state index contributed by atoms with van der Waals surface area (Å²) < 4.78 is 4.48. The van der Waals surface area contributed by atoms with Crippen LogP contribution in [0.25, 0.3) is 11.3 Å². The van der Waals surface area contributed by atoms with E-state index in [0.717, 1.165) is 12.7 Å². The van der Waals surface area contributed by atoms with Gasteiger partial charge in [-0.3, -0.25) is 4.79 Å². The molecule has 0 unspecified atom stereocenters. The predicted molar refractivity (Wildman–Crippen MR) is 70.2 cm³/mol. The van der Waals surface area contributed by atoms with E-state index in [0.29, 0.717) is 11.3 Å². The van der Waals surface area contributed by atoms with Crippen LogP contribution in [0.2, 0.25) is 0 Å². The molecule has 1 aromatic carbocycles. The molecule has 2 aromatic rings. The van der Waals surface area contributed by atoms with Crippen molar-refractivity contribution in [3.05, 3.63) is 51.8 Å². The van der Waals surface area contributed by atoms with Gasteiger partial charge in [0, 0.05) is 5.56 Å². The minimum Gasteiger partial charge on any atom is -0.506 e. The van der Waals surface area contributed by atoms with E-state index in [1.807, 2.05) is 18.2 Å². The highest BCUT2D eigenvalue weighted by Gasteiger charge is 2.21. The Morgan fingerprint density at radius 3 is 2.47 bits per heavy atom. The number of pyridine rings is 1. The van der Waals surface area contributed by atoms with Crippen molar-refractivity contribution < 1.29 is 14.6 Å². The number of carbonyl (C=O) groups is 1. The summed E-state index contributed by atoms with van der Waals surface area (Å²) in [6.07, 6.45) is 0. The van der Waals surface area contributed by atoms with E-state index >= 15 is 0 Å². The fourth-order valence-corrected chi connectivity index (χ4v) is 1.87. The molecule has 0 bridgehead atoms. The Kier molecular flexibility index (Phi) is 3.37. The summed E-state index contributed by atoms with van der Waals surface area (Å²) in [7, 11) is 1.15. The Bertz CT molecular complexity index is 674. The number of nitrogens with one attached hydrogen (secondary N) is 1. The van der Waals surface area contributed by atoms with E-state index in [1.165, 1.54) is 0 Å². The van der Waals surface area contributed by atoms with Crippen molar-refractivity contribution in [3.8, 4) is 17.0 Å². The Balaban J connectivity index is 2.69. The Morgan fingerprint density at radius 1 is 1.26 bits per heavy atom. The maximum absolute atomic E-state index is 11.9. The highest BCUT2D eigenvalue weighted by atomic mass is 16.5. The van der Waals surface area contributed by atoms with Crippen molar-refractivity contribution in [1.82, 2.24) is 4.98 Å². The molecule has 5 heteroatoms. The van der Waals surface area contributed by atoms with Crippen LogP contribution in [0.4, 0.5) is 0 Å². The predicted octanol–water partition coefficient (Wildman–Crippen LogP) is 1.84. The molecule has 0 aliphatic rings. The highest BCUT2D eigenvalue weighted by molar-refractivity contribution is 5.93. The molecule has 98 valence electrons. The lowest BCUT2D eigenvalue weighted by molar-refractivity contribution is 0.0595. The number of aromatic nitrogens is 1. The van der Waals surface area contributed by atoms with Crippen LogP contribution in [0.15, 0.2) is 35.1 Å². The number of H-pyrrole nitrogens is 1. The number of methoxy groups -OCH3 is 1. The molecular formula is C14H13NO4. The third-order valence-electron chi connectivity index (χ3n) is 2.88. The van der Waals surface area contributed by atoms with Crippen LogP contribution in [-0.4, -0.2) is 23.2 Å². The molecular weight excluding hydrogens is 246 g/mol. The smallest absolute Gasteiger partial charge is 0.347 e. The fourth-order valence-electron chi connectivity index (χ4n) is 1.87. The van der Waals surface area contributed by atoms with Crippen LogP contribution < -0.4 is 5.56 Å². The molecule has 1 heterocycles. The molecule has 0 fully saturated rings. The maximum atomic E-state index is 11.9. The van der Waals surface area contributed by atoms with Crippen LogP contribution in [0.5, 0.6) is 5.75 Å². The summed E-state index contributed by atoms with van der Waals surface area (Å²) in [5.41, 5.74) is 0.610. The first-order valence-corrected chi connectivity index (χ1v) is 5.65. The molecule has 0 spiro atoms. The average molecular weight is 259 g/mol. The van der Waals surface area contributed by atoms with Gasteiger partial charge in [0.05, 0.1) is 12.8 Å². The molecule has 0 amide bonds. The zero-order valence-electron chi connectivity index (χ0n) is 10.6. The zero-order valence-corrected chi connectivity index (χ0v) is 10.6. The van der Waals surface area contributed by atoms with Gasteiger partial charge in [-0.05, 0) is 12.5 Å². The van der Waals surface area contributed by atoms with E-state index in [9.17, 15) is 14.7 Å². The number of benzene rings is 1. The molecule has 0 atom stereocenters. The third-order valence-corrected chi connectivity index (χ3v) is 2.88. The van der Waals surface area contributed by atoms with Crippen molar-refractivity contribution in [2.75, 3.05) is 7.11 Å². The molecule has 2 N–H and O–H groups in total. The van der Waals surface area contributed by atoms with E-state index in [4.69, 9.17) is 0 Å². The number of esters is 1. The molecule has 0 aliphatic heterocycles. The number of hydrogen-bond acceptors (Lipinski definition) is 4. The van der Waals surface area contributed by atoms with Crippen LogP contribution >= 0.6 is 0 Å². The third kappa shape index (κ3) is 2.22. The monoisotopic (exact) mass is 259 g/mol. The first kappa shape index (κ1) is 12.9. The van der Waals surface area contributed by atoms with Crippen molar-refractivity contribution in [3.63, 3.8) is 0 Å². The number of aromatic hydroxyl groups is 1. The Morgan fingerprint density at radius 2 is 1.89 bits per heavy atom. The molecule has 2 rings (SSSR count). The first-order valence-electron chi connectivity index (χ1n) is 5.65. The minimum atomic E-state index is -0.860. The maximum Gasteiger partial charge on any atom is 0.347 e. The number of hydrogen-bond donors (Lipinski definition) is 2. The normalized spacial score (nSPS) is 10.2. The van der Waals surface area contributed by atoms with Gasteiger partial charge in [0.15, 0.2) is 5.56 Å². The standard InChI is InChI=1S/C14H13NO4/c1-8-11(9-6-4-3-5-7-9)15-13(17)10(12(8)16)14(18)19-2/h3-7H,1-2H3,(H2,15,16,17). The van der Waals surface area contributed by atoms with Gasteiger partial charge in [-0.25, -0.2) is 4.79 Å². The van der Waals surface area contributed by atoms with Crippen LogP contribution in [0.3, 0.4) is 0 Å². The van der Waals surface area contributed by atoms with E-state index in [1.54, 1.807) is 19.1 Å². The number of rotatable bonds is 2. The SMILES string of the molecule is COC(=O)c1c(O)c(C)c(-c2ccccc2)[nH]c1=O. The second kappa shape index (κ2) is 4.97. The Hall–Kier alpha value is -2.56. The van der Waals surface area contributed by atoms with Crippen molar-refractivity contribution in [2.24, 2.45) is 0 Å². The van der Waals surface area contributed by atoms with Gasteiger partial charge in [-0.1, -0.05) is 30.3 Å². The van der Waals surface area contributed by atoms with Gasteiger partial charge in [0.1, 0.15) is 5.75 Å². The summed E-state index contributed by atoms with van der Waals surface area (Å²) in [5.74, 6) is -1.21. The minimum absolute atomic E-state index is 0.352. The lowest BCUT2D eigenvalue weighted by atomic mass is 10.0. The molecule has 0 saturated carbocycles. The number of ether oxygens (including phenoxy) is 1. The van der Waals surface area contributed by atoms with Crippen LogP contribution in [0.1, 0.15) is 15.9 Å². The quantitative estimate of drug-likeness (QED) is 0.806. The van der Waals surface area contributed by atoms with Gasteiger partial charge < -0.3 is 14.8 Å². The first-order chi connectivity index (χ1) is 9.06. The highest BCUT2D eigenvalue weighted by Crippen LogP contribution is 2.28. The summed E-state index contributed by atoms with van der Waals surface area (Å²) in [6, 6.07) is 9.08. The van der Waals surface area contributed by atoms with Crippen LogP contribution in [0, 0.1) is 6.92 Å². The molecule has 5 nitrogen and oxygen atoms in total. The summed E-state index contributed by atoms with van der Waals surface area (Å²) in [6.45, 7) is 1.63. The van der Waals surface area contributed by atoms with Gasteiger partial charge in [0.2, 0.25) is 0 Å². The van der Waals surface area contributed by atoms with Crippen molar-refractivity contribution in [2.45, 2.75) is 6.92 Å². The van der Waals surface area contributed by atoms with Gasteiger partial charge >= 0.3 is 5.97 Å². The van der Waals surface area contributed by atoms with Gasteiger partial charge in [0.25, 0.3) is 5.56 Å². The van der Waals surface area contributed by atoms with Crippen LogP contribution in [-0.2, 0) is 4.74 Å². The second-order valence-corrected chi connectivity index (χ2v) is 4.04. The molecule has 0 radical (unpaired) electrons.